The summed E-state index contributed by atoms with van der Waals surface area (Å²) in [4.78, 5) is 21.0. The quantitative estimate of drug-likeness (QED) is 0.426. The molecular weight excluding hydrogens is 208 g/mol. The largest absolute Gasteiger partial charge is 0.472 e. The Bertz CT molecular complexity index is 285. The zero-order chi connectivity index (χ0) is 12.4. The summed E-state index contributed by atoms with van der Waals surface area (Å²) < 4.78 is 4.87. The summed E-state index contributed by atoms with van der Waals surface area (Å²) in [6.07, 6.45) is 4.19. The fourth-order valence-electron chi connectivity index (χ4n) is 1.23. The van der Waals surface area contributed by atoms with Gasteiger partial charge in [-0.1, -0.05) is 33.1 Å². The van der Waals surface area contributed by atoms with Crippen LogP contribution in [-0.4, -0.2) is 23.7 Å². The molecule has 16 heavy (non-hydrogen) atoms. The number of carbonyl (C=O) groups excluding carboxylic acids is 1. The van der Waals surface area contributed by atoms with Gasteiger partial charge in [0.05, 0.1) is 6.61 Å². The minimum absolute atomic E-state index is 0.323. The van der Waals surface area contributed by atoms with Crippen LogP contribution in [0.4, 0.5) is 0 Å². The molecule has 0 spiro atoms. The SMILES string of the molecule is CCCCC(CC)COC(=O)C#CC(=O)O. The van der Waals surface area contributed by atoms with Crippen molar-refractivity contribution in [3.05, 3.63) is 0 Å². The van der Waals surface area contributed by atoms with Gasteiger partial charge in [0.1, 0.15) is 0 Å². The van der Waals surface area contributed by atoms with Crippen LogP contribution in [-0.2, 0) is 14.3 Å². The molecule has 1 atom stereocenters. The van der Waals surface area contributed by atoms with Gasteiger partial charge in [-0.15, -0.1) is 0 Å². The van der Waals surface area contributed by atoms with E-state index in [4.69, 9.17) is 9.84 Å². The van der Waals surface area contributed by atoms with Crippen LogP contribution in [0.1, 0.15) is 39.5 Å². The Kier molecular flexibility index (Phi) is 7.96. The normalized spacial score (nSPS) is 11.1. The van der Waals surface area contributed by atoms with Gasteiger partial charge >= 0.3 is 11.9 Å². The molecular formula is C12H18O4. The molecule has 1 N–H and O–H groups in total. The summed E-state index contributed by atoms with van der Waals surface area (Å²) in [5.41, 5.74) is 0. The summed E-state index contributed by atoms with van der Waals surface area (Å²) >= 11 is 0. The molecule has 0 aromatic rings. The molecule has 0 fully saturated rings. The van der Waals surface area contributed by atoms with Gasteiger partial charge in [0, 0.05) is 11.8 Å². The topological polar surface area (TPSA) is 63.6 Å². The van der Waals surface area contributed by atoms with E-state index in [0.29, 0.717) is 12.5 Å². The fourth-order valence-corrected chi connectivity index (χ4v) is 1.23. The molecule has 4 nitrogen and oxygen atoms in total. The molecule has 0 rings (SSSR count). The van der Waals surface area contributed by atoms with Gasteiger partial charge in [-0.3, -0.25) is 0 Å². The second-order valence-corrected chi connectivity index (χ2v) is 3.57. The molecule has 4 heteroatoms. The maximum atomic E-state index is 11.0. The highest BCUT2D eigenvalue weighted by Gasteiger charge is 2.08. The second kappa shape index (κ2) is 8.78. The number of aliphatic carboxylic acids is 1. The number of rotatable bonds is 6. The standard InChI is InChI=1S/C12H18O4/c1-3-5-6-10(4-2)9-16-12(15)8-7-11(13)14/h10H,3-6,9H2,1-2H3,(H,13,14). The predicted octanol–water partition coefficient (Wildman–Crippen LogP) is 1.83. The lowest BCUT2D eigenvalue weighted by molar-refractivity contribution is -0.138. The van der Waals surface area contributed by atoms with Crippen molar-refractivity contribution in [1.82, 2.24) is 0 Å². The molecule has 0 bridgehead atoms. The summed E-state index contributed by atoms with van der Waals surface area (Å²) in [6, 6.07) is 0. The van der Waals surface area contributed by atoms with Crippen LogP contribution in [0, 0.1) is 17.8 Å². The average Bonchev–Trinajstić information content (AvgIpc) is 2.26. The molecule has 0 aliphatic carbocycles. The highest BCUT2D eigenvalue weighted by atomic mass is 16.5. The first kappa shape index (κ1) is 14.5. The van der Waals surface area contributed by atoms with Crippen LogP contribution in [0.25, 0.3) is 0 Å². The molecule has 0 aliphatic heterocycles. The van der Waals surface area contributed by atoms with Gasteiger partial charge in [0.25, 0.3) is 0 Å². The number of hydrogen-bond acceptors (Lipinski definition) is 3. The fraction of sp³-hybridized carbons (Fsp3) is 0.667. The number of carboxylic acids is 1. The molecule has 0 aromatic carbocycles. The molecule has 1 unspecified atom stereocenters. The molecule has 0 aromatic heterocycles. The summed E-state index contributed by atoms with van der Waals surface area (Å²) in [6.45, 7) is 4.47. The third kappa shape index (κ3) is 7.86. The lowest BCUT2D eigenvalue weighted by Gasteiger charge is -2.12. The molecule has 0 saturated carbocycles. The van der Waals surface area contributed by atoms with Crippen LogP contribution in [0.3, 0.4) is 0 Å². The molecule has 0 aliphatic rings. The number of unbranched alkanes of at least 4 members (excludes halogenated alkanes) is 1. The van der Waals surface area contributed by atoms with Crippen molar-refractivity contribution in [3.63, 3.8) is 0 Å². The van der Waals surface area contributed by atoms with Gasteiger partial charge in [0.15, 0.2) is 0 Å². The minimum atomic E-state index is -1.32. The smallest absolute Gasteiger partial charge is 0.384 e. The van der Waals surface area contributed by atoms with Crippen molar-refractivity contribution in [2.24, 2.45) is 5.92 Å². The maximum Gasteiger partial charge on any atom is 0.384 e. The first-order chi connectivity index (χ1) is 7.60. The first-order valence-corrected chi connectivity index (χ1v) is 5.51. The van der Waals surface area contributed by atoms with E-state index < -0.39 is 11.9 Å². The maximum absolute atomic E-state index is 11.0. The van der Waals surface area contributed by atoms with E-state index in [1.807, 2.05) is 12.8 Å². The van der Waals surface area contributed by atoms with Gasteiger partial charge < -0.3 is 9.84 Å². The Balaban J connectivity index is 3.89. The van der Waals surface area contributed by atoms with E-state index in [1.54, 1.807) is 5.92 Å². The third-order valence-electron chi connectivity index (χ3n) is 2.26. The Morgan fingerprint density at radius 3 is 2.50 bits per heavy atom. The lowest BCUT2D eigenvalue weighted by Crippen LogP contribution is -2.12. The van der Waals surface area contributed by atoms with Gasteiger partial charge in [0.2, 0.25) is 0 Å². The Morgan fingerprint density at radius 2 is 2.00 bits per heavy atom. The van der Waals surface area contributed by atoms with Gasteiger partial charge in [-0.25, -0.2) is 9.59 Å². The van der Waals surface area contributed by atoms with Crippen molar-refractivity contribution < 1.29 is 19.4 Å². The highest BCUT2D eigenvalue weighted by Crippen LogP contribution is 2.12. The van der Waals surface area contributed by atoms with E-state index in [2.05, 4.69) is 6.92 Å². The monoisotopic (exact) mass is 226 g/mol. The van der Waals surface area contributed by atoms with Crippen molar-refractivity contribution >= 4 is 11.9 Å². The molecule has 0 saturated heterocycles. The van der Waals surface area contributed by atoms with Crippen molar-refractivity contribution in [2.75, 3.05) is 6.61 Å². The van der Waals surface area contributed by atoms with E-state index in [-0.39, 0.29) is 0 Å². The third-order valence-corrected chi connectivity index (χ3v) is 2.26. The van der Waals surface area contributed by atoms with Crippen LogP contribution < -0.4 is 0 Å². The zero-order valence-electron chi connectivity index (χ0n) is 9.78. The molecule has 0 heterocycles. The van der Waals surface area contributed by atoms with Gasteiger partial charge in [-0.2, -0.15) is 0 Å². The van der Waals surface area contributed by atoms with Gasteiger partial charge in [-0.05, 0) is 12.3 Å². The molecule has 0 amide bonds. The van der Waals surface area contributed by atoms with E-state index in [1.165, 1.54) is 0 Å². The molecule has 0 radical (unpaired) electrons. The molecule has 90 valence electrons. The van der Waals surface area contributed by atoms with Crippen LogP contribution >= 0.6 is 0 Å². The highest BCUT2D eigenvalue weighted by molar-refractivity contribution is 5.97. The summed E-state index contributed by atoms with van der Waals surface area (Å²) in [7, 11) is 0. The van der Waals surface area contributed by atoms with Crippen LogP contribution in [0.5, 0.6) is 0 Å². The lowest BCUT2D eigenvalue weighted by atomic mass is 10.0. The Labute approximate surface area is 96.0 Å². The Hall–Kier alpha value is -1.50. The van der Waals surface area contributed by atoms with Crippen molar-refractivity contribution in [1.29, 1.82) is 0 Å². The first-order valence-electron chi connectivity index (χ1n) is 5.51. The summed E-state index contributed by atoms with van der Waals surface area (Å²) in [5, 5.41) is 8.22. The number of esters is 1. The average molecular weight is 226 g/mol. The summed E-state index contributed by atoms with van der Waals surface area (Å²) in [5.74, 6) is 1.88. The van der Waals surface area contributed by atoms with E-state index in [0.717, 1.165) is 25.7 Å². The van der Waals surface area contributed by atoms with Crippen molar-refractivity contribution in [3.8, 4) is 11.8 Å². The minimum Gasteiger partial charge on any atom is -0.472 e. The van der Waals surface area contributed by atoms with E-state index >= 15 is 0 Å². The second-order valence-electron chi connectivity index (χ2n) is 3.57. The number of carboxylic acid groups (broad SMARTS) is 1. The number of ether oxygens (including phenoxy) is 1. The number of hydrogen-bond donors (Lipinski definition) is 1. The van der Waals surface area contributed by atoms with Crippen molar-refractivity contribution in [2.45, 2.75) is 39.5 Å². The van der Waals surface area contributed by atoms with Crippen LogP contribution in [0.15, 0.2) is 0 Å². The predicted molar refractivity (Wildman–Crippen MR) is 59.7 cm³/mol. The van der Waals surface area contributed by atoms with E-state index in [9.17, 15) is 9.59 Å². The zero-order valence-corrected chi connectivity index (χ0v) is 9.78. The number of carbonyl (C=O) groups is 2. The Morgan fingerprint density at radius 1 is 1.31 bits per heavy atom. The van der Waals surface area contributed by atoms with Crippen LogP contribution in [0.2, 0.25) is 0 Å².